The zero-order chi connectivity index (χ0) is 13.1. The van der Waals surface area contributed by atoms with Crippen LogP contribution in [0.1, 0.15) is 25.8 Å². The number of benzene rings is 1. The molecular formula is C13H18Cl2O2. The molecule has 0 aliphatic carbocycles. The van der Waals surface area contributed by atoms with E-state index < -0.39 is 0 Å². The van der Waals surface area contributed by atoms with E-state index in [1.165, 1.54) is 0 Å². The third kappa shape index (κ3) is 2.99. The lowest BCUT2D eigenvalue weighted by atomic mass is 9.81. The second kappa shape index (κ2) is 5.83. The van der Waals surface area contributed by atoms with Gasteiger partial charge < -0.3 is 9.47 Å². The minimum absolute atomic E-state index is 0.0804. The van der Waals surface area contributed by atoms with Gasteiger partial charge in [-0.3, -0.25) is 0 Å². The summed E-state index contributed by atoms with van der Waals surface area (Å²) < 4.78 is 10.6. The number of hydrogen-bond donors (Lipinski definition) is 0. The predicted octanol–water partition coefficient (Wildman–Crippen LogP) is 4.26. The quantitative estimate of drug-likeness (QED) is 0.748. The normalized spacial score (nSPS) is 11.4. The maximum absolute atomic E-state index is 6.24. The molecule has 4 heteroatoms. The number of ether oxygens (including phenoxy) is 2. The van der Waals surface area contributed by atoms with Crippen molar-refractivity contribution in [2.75, 3.05) is 20.1 Å². The van der Waals surface area contributed by atoms with Gasteiger partial charge >= 0.3 is 0 Å². The second-order valence-corrected chi connectivity index (χ2v) is 5.24. The van der Waals surface area contributed by atoms with Crippen LogP contribution in [-0.2, 0) is 5.41 Å². The maximum Gasteiger partial charge on any atom is 0.144 e. The van der Waals surface area contributed by atoms with Gasteiger partial charge in [0.15, 0.2) is 0 Å². The average Bonchev–Trinajstić information content (AvgIpc) is 2.28. The second-order valence-electron chi connectivity index (χ2n) is 4.49. The summed E-state index contributed by atoms with van der Waals surface area (Å²) in [7, 11) is 3.20. The van der Waals surface area contributed by atoms with Crippen LogP contribution in [-0.4, -0.2) is 20.1 Å². The lowest BCUT2D eigenvalue weighted by Gasteiger charge is -2.27. The van der Waals surface area contributed by atoms with E-state index >= 15 is 0 Å². The third-order valence-corrected chi connectivity index (χ3v) is 3.48. The topological polar surface area (TPSA) is 18.5 Å². The lowest BCUT2D eigenvalue weighted by molar-refractivity contribution is 0.378. The highest BCUT2D eigenvalue weighted by molar-refractivity contribution is 6.33. The molecule has 1 rings (SSSR count). The smallest absolute Gasteiger partial charge is 0.144 e. The van der Waals surface area contributed by atoms with Crippen molar-refractivity contribution >= 4 is 23.2 Å². The summed E-state index contributed by atoms with van der Waals surface area (Å²) in [5.41, 5.74) is 0.967. The average molecular weight is 277 g/mol. The molecule has 0 aliphatic rings. The molecule has 0 amide bonds. The van der Waals surface area contributed by atoms with Crippen LogP contribution in [0.4, 0.5) is 0 Å². The van der Waals surface area contributed by atoms with Crippen LogP contribution in [0.2, 0.25) is 5.02 Å². The molecule has 0 aromatic heterocycles. The molecule has 0 fully saturated rings. The van der Waals surface area contributed by atoms with Crippen LogP contribution in [0, 0.1) is 0 Å². The summed E-state index contributed by atoms with van der Waals surface area (Å²) in [5, 5.41) is 0.509. The largest absolute Gasteiger partial charge is 0.495 e. The van der Waals surface area contributed by atoms with Crippen molar-refractivity contribution in [3.8, 4) is 11.5 Å². The number of halogens is 2. The minimum atomic E-state index is -0.0804. The predicted molar refractivity (Wildman–Crippen MR) is 72.9 cm³/mol. The first-order valence-corrected chi connectivity index (χ1v) is 6.36. The van der Waals surface area contributed by atoms with E-state index in [9.17, 15) is 0 Å². The first kappa shape index (κ1) is 14.5. The maximum atomic E-state index is 6.24. The number of hydrogen-bond acceptors (Lipinski definition) is 2. The Labute approximate surface area is 113 Å². The molecule has 0 heterocycles. The van der Waals surface area contributed by atoms with E-state index in [4.69, 9.17) is 32.7 Å². The van der Waals surface area contributed by atoms with Crippen molar-refractivity contribution in [2.24, 2.45) is 0 Å². The van der Waals surface area contributed by atoms with E-state index in [2.05, 4.69) is 13.8 Å². The highest BCUT2D eigenvalue weighted by Crippen LogP contribution is 2.43. The highest BCUT2D eigenvalue weighted by Gasteiger charge is 2.26. The van der Waals surface area contributed by atoms with Crippen LogP contribution in [0.3, 0.4) is 0 Å². The minimum Gasteiger partial charge on any atom is -0.495 e. The SMILES string of the molecule is COc1ccc(C(C)(C)CCCl)c(OC)c1Cl. The summed E-state index contributed by atoms with van der Waals surface area (Å²) in [6.07, 6.45) is 0.855. The molecule has 1 aromatic carbocycles. The molecule has 17 heavy (non-hydrogen) atoms. The van der Waals surface area contributed by atoms with Crippen molar-refractivity contribution < 1.29 is 9.47 Å². The molecular weight excluding hydrogens is 259 g/mol. The number of rotatable bonds is 5. The molecule has 0 atom stereocenters. The molecule has 0 unspecified atom stereocenters. The molecule has 0 bridgehead atoms. The fourth-order valence-corrected chi connectivity index (χ4v) is 2.59. The Morgan fingerprint density at radius 2 is 1.82 bits per heavy atom. The monoisotopic (exact) mass is 276 g/mol. The Balaban J connectivity index is 3.30. The van der Waals surface area contributed by atoms with Crippen molar-refractivity contribution in [1.29, 1.82) is 0 Å². The highest BCUT2D eigenvalue weighted by atomic mass is 35.5. The molecule has 0 saturated heterocycles. The van der Waals surface area contributed by atoms with Gasteiger partial charge in [-0.1, -0.05) is 31.5 Å². The zero-order valence-electron chi connectivity index (χ0n) is 10.6. The Kier molecular flexibility index (Phi) is 4.96. The van der Waals surface area contributed by atoms with Crippen LogP contribution >= 0.6 is 23.2 Å². The summed E-state index contributed by atoms with van der Waals surface area (Å²) in [5.74, 6) is 1.88. The number of methoxy groups -OCH3 is 2. The fraction of sp³-hybridized carbons (Fsp3) is 0.538. The van der Waals surface area contributed by atoms with Gasteiger partial charge in [0.1, 0.15) is 16.5 Å². The summed E-state index contributed by atoms with van der Waals surface area (Å²) in [4.78, 5) is 0. The van der Waals surface area contributed by atoms with E-state index in [0.717, 1.165) is 12.0 Å². The Hall–Kier alpha value is -0.600. The van der Waals surface area contributed by atoms with Gasteiger partial charge in [0.2, 0.25) is 0 Å². The summed E-state index contributed by atoms with van der Waals surface area (Å²) >= 11 is 12.1. The Morgan fingerprint density at radius 3 is 2.29 bits per heavy atom. The van der Waals surface area contributed by atoms with Gasteiger partial charge in [0.25, 0.3) is 0 Å². The van der Waals surface area contributed by atoms with Crippen LogP contribution < -0.4 is 9.47 Å². The molecule has 0 spiro atoms. The summed E-state index contributed by atoms with van der Waals surface area (Å²) in [6, 6.07) is 3.84. The number of alkyl halides is 1. The Morgan fingerprint density at radius 1 is 1.18 bits per heavy atom. The van der Waals surface area contributed by atoms with Crippen molar-refractivity contribution in [3.63, 3.8) is 0 Å². The van der Waals surface area contributed by atoms with Crippen molar-refractivity contribution in [1.82, 2.24) is 0 Å². The first-order valence-electron chi connectivity index (χ1n) is 5.45. The van der Waals surface area contributed by atoms with Crippen molar-refractivity contribution in [3.05, 3.63) is 22.7 Å². The van der Waals surface area contributed by atoms with Gasteiger partial charge in [-0.25, -0.2) is 0 Å². The lowest BCUT2D eigenvalue weighted by Crippen LogP contribution is -2.19. The van der Waals surface area contributed by atoms with E-state index in [1.54, 1.807) is 14.2 Å². The molecule has 0 N–H and O–H groups in total. The van der Waals surface area contributed by atoms with Crippen LogP contribution in [0.25, 0.3) is 0 Å². The van der Waals surface area contributed by atoms with E-state index in [-0.39, 0.29) is 5.41 Å². The van der Waals surface area contributed by atoms with E-state index in [0.29, 0.717) is 22.4 Å². The van der Waals surface area contributed by atoms with Crippen molar-refractivity contribution in [2.45, 2.75) is 25.7 Å². The van der Waals surface area contributed by atoms with Gasteiger partial charge in [0.05, 0.1) is 14.2 Å². The van der Waals surface area contributed by atoms with Crippen LogP contribution in [0.15, 0.2) is 12.1 Å². The van der Waals surface area contributed by atoms with E-state index in [1.807, 2.05) is 12.1 Å². The van der Waals surface area contributed by atoms with Gasteiger partial charge in [0, 0.05) is 11.4 Å². The zero-order valence-corrected chi connectivity index (χ0v) is 12.2. The molecule has 0 aliphatic heterocycles. The molecule has 1 aromatic rings. The Bertz CT molecular complexity index is 389. The van der Waals surface area contributed by atoms with Gasteiger partial charge in [-0.05, 0) is 17.9 Å². The molecule has 0 saturated carbocycles. The standard InChI is InChI=1S/C13H18Cl2O2/c1-13(2,7-8-14)9-5-6-10(16-3)11(15)12(9)17-4/h5-6H,7-8H2,1-4H3. The first-order chi connectivity index (χ1) is 7.97. The van der Waals surface area contributed by atoms with Gasteiger partial charge in [-0.2, -0.15) is 0 Å². The molecule has 0 radical (unpaired) electrons. The molecule has 96 valence electrons. The summed E-state index contributed by atoms with van der Waals surface area (Å²) in [6.45, 7) is 4.24. The van der Waals surface area contributed by atoms with Gasteiger partial charge in [-0.15, -0.1) is 11.6 Å². The van der Waals surface area contributed by atoms with Crippen LogP contribution in [0.5, 0.6) is 11.5 Å². The molecule has 2 nitrogen and oxygen atoms in total. The fourth-order valence-electron chi connectivity index (χ4n) is 1.80. The third-order valence-electron chi connectivity index (χ3n) is 2.93.